The first-order chi connectivity index (χ1) is 33.9. The third kappa shape index (κ3) is 12.6. The fraction of sp³-hybridized carbons (Fsp3) is 0.509. The molecule has 6 atom stereocenters. The van der Waals surface area contributed by atoms with E-state index < -0.39 is 83.4 Å². The number of likely N-dealkylation sites (tertiary alicyclic amines) is 1. The van der Waals surface area contributed by atoms with Crippen molar-refractivity contribution in [1.82, 2.24) is 30.4 Å². The highest BCUT2D eigenvalue weighted by Gasteiger charge is 2.49. The number of hydrogen-bond donors (Lipinski definition) is 4. The molecule has 5 aromatic rings. The quantitative estimate of drug-likeness (QED) is 0.0441. The van der Waals surface area contributed by atoms with Gasteiger partial charge in [0.1, 0.15) is 35.1 Å². The SMILES string of the molecule is Cc1ncsc1-c1ccc([C@H](C)NC(=O)[C@@H]2C[C@@H](O)CN2C(=O)C(NC(=O)C(F)(F)OCCOCCCCOc2cc(F)c([C@@H]3c4[nH]c5ccccc5c4C[C@@H](C)N3CC(C)(C)F)c(F)c2)C(C)(C)C)cc1. The standard InChI is InChI=1S/C53H65F5N6O7S/c1-30-23-38-37-13-9-10-14-41(37)61-44(38)45(64(30)28-52(7,8)56)43-39(54)25-36(26-40(43)55)70-20-12-11-19-69-21-22-71-53(57,58)50(68)62-47(51(4,5)6)49(67)63-27-35(65)24-42(63)48(66)60-31(2)33-15-17-34(18-16-33)46-32(3)59-29-72-46/h9-10,13-18,25-26,29-31,35,42,45,47,61,65H,11-12,19-24,27-28H2,1-8H3,(H,60,66)(H,62,68)/t30-,31+,35-,42+,45-,47?/m1/s1. The van der Waals surface area contributed by atoms with Gasteiger partial charge < -0.3 is 39.8 Å². The summed E-state index contributed by atoms with van der Waals surface area (Å²) in [6.45, 7) is 12.1. The summed E-state index contributed by atoms with van der Waals surface area (Å²) in [6, 6.07) is 13.2. The Morgan fingerprint density at radius 3 is 2.28 bits per heavy atom. The summed E-state index contributed by atoms with van der Waals surface area (Å²) in [4.78, 5) is 52.2. The summed E-state index contributed by atoms with van der Waals surface area (Å²) < 4.78 is 93.2. The van der Waals surface area contributed by atoms with Crippen LogP contribution < -0.4 is 15.4 Å². The van der Waals surface area contributed by atoms with Gasteiger partial charge in [-0.1, -0.05) is 63.2 Å². The molecule has 1 fully saturated rings. The van der Waals surface area contributed by atoms with Crippen LogP contribution in [0.1, 0.15) is 108 Å². The van der Waals surface area contributed by atoms with Crippen molar-refractivity contribution in [1.29, 1.82) is 0 Å². The number of β-amino-alcohol motifs (C(OH)–C–C–N with tert-alkyl or cyclic N) is 1. The lowest BCUT2D eigenvalue weighted by Crippen LogP contribution is -2.60. The Labute approximate surface area is 420 Å². The number of fused-ring (bicyclic) bond motifs is 3. The number of para-hydroxylation sites is 1. The molecule has 0 radical (unpaired) electrons. The number of aliphatic hydroxyl groups excluding tert-OH is 1. The number of halogens is 5. The summed E-state index contributed by atoms with van der Waals surface area (Å²) >= 11 is 1.52. The molecule has 3 aromatic carbocycles. The van der Waals surface area contributed by atoms with Crippen molar-refractivity contribution in [3.63, 3.8) is 0 Å². The predicted octanol–water partition coefficient (Wildman–Crippen LogP) is 9.12. The number of aryl methyl sites for hydroxylation is 1. The topological polar surface area (TPSA) is 158 Å². The van der Waals surface area contributed by atoms with Gasteiger partial charge in [0, 0.05) is 66.5 Å². The fourth-order valence-electron chi connectivity index (χ4n) is 9.53. The van der Waals surface area contributed by atoms with Crippen molar-refractivity contribution >= 4 is 40.0 Å². The lowest BCUT2D eigenvalue weighted by Gasteiger charge is -2.43. The van der Waals surface area contributed by atoms with Crippen LogP contribution in [-0.2, 0) is 30.3 Å². The zero-order valence-corrected chi connectivity index (χ0v) is 42.7. The summed E-state index contributed by atoms with van der Waals surface area (Å²) in [6.07, 6.45) is -4.18. The monoisotopic (exact) mass is 1020 g/mol. The number of unbranched alkanes of at least 4 members (excludes halogenated alkanes) is 1. The molecule has 3 amide bonds. The Morgan fingerprint density at radius 2 is 1.62 bits per heavy atom. The van der Waals surface area contributed by atoms with Gasteiger partial charge in [0.15, 0.2) is 0 Å². The van der Waals surface area contributed by atoms with Crippen LogP contribution in [0, 0.1) is 24.0 Å². The van der Waals surface area contributed by atoms with Crippen molar-refractivity contribution in [2.75, 3.05) is 39.5 Å². The number of aromatic nitrogens is 2. The molecule has 2 aliphatic rings. The maximum Gasteiger partial charge on any atom is 0.436 e. The molecule has 4 heterocycles. The smallest absolute Gasteiger partial charge is 0.436 e. The second kappa shape index (κ2) is 22.3. The molecule has 1 unspecified atom stereocenters. The predicted molar refractivity (Wildman–Crippen MR) is 264 cm³/mol. The molecule has 7 rings (SSSR count). The molecule has 0 spiro atoms. The van der Waals surface area contributed by atoms with Crippen LogP contribution in [0.3, 0.4) is 0 Å². The molecule has 0 aliphatic carbocycles. The van der Waals surface area contributed by atoms with Crippen molar-refractivity contribution < 1.29 is 55.7 Å². The van der Waals surface area contributed by atoms with Crippen molar-refractivity contribution in [3.05, 3.63) is 106 Å². The first-order valence-corrected chi connectivity index (χ1v) is 25.2. The summed E-state index contributed by atoms with van der Waals surface area (Å²) in [7, 11) is 0. The molecule has 2 aromatic heterocycles. The highest BCUT2D eigenvalue weighted by atomic mass is 32.1. The van der Waals surface area contributed by atoms with E-state index in [1.807, 2.05) is 62.4 Å². The van der Waals surface area contributed by atoms with Crippen LogP contribution >= 0.6 is 11.3 Å². The van der Waals surface area contributed by atoms with Crippen LogP contribution in [0.2, 0.25) is 0 Å². The molecule has 4 N–H and O–H groups in total. The number of alkyl halides is 3. The first-order valence-electron chi connectivity index (χ1n) is 24.3. The van der Waals surface area contributed by atoms with E-state index in [1.54, 1.807) is 38.1 Å². The molecular formula is C53H65F5N6O7S. The Bertz CT molecular complexity index is 2680. The lowest BCUT2D eigenvalue weighted by molar-refractivity contribution is -0.235. The number of hydrogen-bond acceptors (Lipinski definition) is 10. The van der Waals surface area contributed by atoms with Crippen molar-refractivity contribution in [2.24, 2.45) is 5.41 Å². The van der Waals surface area contributed by atoms with Crippen LogP contribution in [0.5, 0.6) is 5.75 Å². The van der Waals surface area contributed by atoms with Crippen LogP contribution in [0.25, 0.3) is 21.3 Å². The van der Waals surface area contributed by atoms with Gasteiger partial charge in [0.2, 0.25) is 11.8 Å². The van der Waals surface area contributed by atoms with Crippen LogP contribution in [-0.4, -0.2) is 118 Å². The number of H-pyrrole nitrogens is 1. The van der Waals surface area contributed by atoms with Crippen molar-refractivity contribution in [2.45, 2.75) is 129 Å². The van der Waals surface area contributed by atoms with E-state index in [1.165, 1.54) is 25.2 Å². The van der Waals surface area contributed by atoms with Gasteiger partial charge in [-0.15, -0.1) is 11.3 Å². The Balaban J connectivity index is 0.862. The molecular weight excluding hydrogens is 960 g/mol. The Hall–Kier alpha value is -5.47. The van der Waals surface area contributed by atoms with Gasteiger partial charge in [-0.2, -0.15) is 8.78 Å². The number of ether oxygens (including phenoxy) is 3. The number of carbonyl (C=O) groups is 3. The van der Waals surface area contributed by atoms with E-state index in [9.17, 15) is 19.5 Å². The third-order valence-electron chi connectivity index (χ3n) is 13.2. The molecule has 390 valence electrons. The van der Waals surface area contributed by atoms with Gasteiger partial charge in [0.05, 0.1) is 54.1 Å². The third-order valence-corrected chi connectivity index (χ3v) is 14.1. The van der Waals surface area contributed by atoms with E-state index in [0.717, 1.165) is 55.2 Å². The summed E-state index contributed by atoms with van der Waals surface area (Å²) in [5, 5.41) is 16.6. The summed E-state index contributed by atoms with van der Waals surface area (Å²) in [5.74, 6) is -4.94. The second-order valence-corrected chi connectivity index (χ2v) is 21.4. The second-order valence-electron chi connectivity index (χ2n) is 20.5. The molecule has 72 heavy (non-hydrogen) atoms. The van der Waals surface area contributed by atoms with Crippen molar-refractivity contribution in [3.8, 4) is 16.2 Å². The van der Waals surface area contributed by atoms with Gasteiger partial charge in [-0.3, -0.25) is 19.3 Å². The van der Waals surface area contributed by atoms with Gasteiger partial charge in [-0.05, 0) is 82.1 Å². The zero-order valence-electron chi connectivity index (χ0n) is 41.9. The Kier molecular flexibility index (Phi) is 16.8. The number of amides is 3. The van der Waals surface area contributed by atoms with E-state index in [2.05, 4.69) is 25.3 Å². The van der Waals surface area contributed by atoms with Gasteiger partial charge in [0.25, 0.3) is 0 Å². The molecule has 1 saturated heterocycles. The largest absolute Gasteiger partial charge is 0.493 e. The highest BCUT2D eigenvalue weighted by Crippen LogP contribution is 2.44. The minimum Gasteiger partial charge on any atom is -0.493 e. The van der Waals surface area contributed by atoms with Gasteiger partial charge >= 0.3 is 12.0 Å². The molecule has 0 saturated carbocycles. The maximum absolute atomic E-state index is 16.0. The lowest BCUT2D eigenvalue weighted by atomic mass is 9.85. The van der Waals surface area contributed by atoms with Crippen LogP contribution in [0.4, 0.5) is 22.0 Å². The first kappa shape index (κ1) is 54.3. The number of nitrogens with zero attached hydrogens (tertiary/aromatic N) is 3. The van der Waals surface area contributed by atoms with E-state index in [4.69, 9.17) is 9.47 Å². The average Bonchev–Trinajstić information content (AvgIpc) is 4.03. The fourth-order valence-corrected chi connectivity index (χ4v) is 10.3. The number of aliphatic hydroxyl groups is 1. The number of thiazole rings is 1. The molecule has 19 heteroatoms. The average molecular weight is 1030 g/mol. The normalized spacial score (nSPS) is 19.6. The summed E-state index contributed by atoms with van der Waals surface area (Å²) in [5.41, 5.74) is 3.87. The number of rotatable bonds is 20. The van der Waals surface area contributed by atoms with E-state index in [-0.39, 0.29) is 56.7 Å². The number of carbonyl (C=O) groups excluding carboxylic acids is 3. The Morgan fingerprint density at radius 1 is 0.944 bits per heavy atom. The minimum atomic E-state index is -4.36. The number of benzene rings is 3. The molecule has 0 bridgehead atoms. The molecule has 2 aliphatic heterocycles. The van der Waals surface area contributed by atoms with E-state index >= 15 is 22.0 Å². The highest BCUT2D eigenvalue weighted by molar-refractivity contribution is 7.13. The van der Waals surface area contributed by atoms with Crippen LogP contribution in [0.15, 0.2) is 66.2 Å². The molecule has 13 nitrogen and oxygen atoms in total. The zero-order chi connectivity index (χ0) is 52.3. The minimum absolute atomic E-state index is 0.0359. The van der Waals surface area contributed by atoms with Gasteiger partial charge in [-0.25, -0.2) is 18.2 Å². The maximum atomic E-state index is 16.0. The number of nitrogens with one attached hydrogen (secondary N) is 3. The van der Waals surface area contributed by atoms with E-state index in [0.29, 0.717) is 25.0 Å². The number of aromatic amines is 1.